The summed E-state index contributed by atoms with van der Waals surface area (Å²) in [6.45, 7) is 9.72. The number of carbonyl (C=O) groups is 1. The lowest BCUT2D eigenvalue weighted by atomic mass is 10.1. The van der Waals surface area contributed by atoms with Gasteiger partial charge >= 0.3 is 0 Å². The van der Waals surface area contributed by atoms with Gasteiger partial charge in [-0.1, -0.05) is 12.1 Å². The average molecular weight is 303 g/mol. The summed E-state index contributed by atoms with van der Waals surface area (Å²) in [5, 5.41) is 3.22. The zero-order chi connectivity index (χ0) is 15.5. The number of aryl methyl sites for hydroxylation is 1. The number of nitrogens with one attached hydrogen (secondary N) is 1. The van der Waals surface area contributed by atoms with Crippen LogP contribution in [0.2, 0.25) is 0 Å². The third-order valence-corrected chi connectivity index (χ3v) is 4.71. The fraction of sp³-hybridized carbons (Fsp3) is 0.588. The van der Waals surface area contributed by atoms with Crippen molar-refractivity contribution in [3.8, 4) is 0 Å². The molecule has 1 atom stereocenters. The van der Waals surface area contributed by atoms with E-state index in [1.165, 1.54) is 16.8 Å². The van der Waals surface area contributed by atoms with Crippen LogP contribution in [0.15, 0.2) is 18.2 Å². The van der Waals surface area contributed by atoms with Crippen molar-refractivity contribution < 1.29 is 9.53 Å². The van der Waals surface area contributed by atoms with Gasteiger partial charge in [0.1, 0.15) is 6.10 Å². The number of nitrogens with zero attached hydrogens (tertiary/aromatic N) is 2. The van der Waals surface area contributed by atoms with Crippen LogP contribution in [0.3, 0.4) is 0 Å². The minimum Gasteiger partial charge on any atom is -0.368 e. The van der Waals surface area contributed by atoms with Crippen LogP contribution in [-0.2, 0) is 9.53 Å². The second-order valence-corrected chi connectivity index (χ2v) is 6.09. The van der Waals surface area contributed by atoms with Crippen molar-refractivity contribution in [2.24, 2.45) is 0 Å². The van der Waals surface area contributed by atoms with E-state index >= 15 is 0 Å². The van der Waals surface area contributed by atoms with E-state index in [-0.39, 0.29) is 12.0 Å². The Morgan fingerprint density at radius 3 is 2.68 bits per heavy atom. The number of hydrogen-bond donors (Lipinski definition) is 1. The van der Waals surface area contributed by atoms with Crippen molar-refractivity contribution in [1.82, 2.24) is 10.2 Å². The van der Waals surface area contributed by atoms with Crippen LogP contribution < -0.4 is 10.2 Å². The average Bonchev–Trinajstić information content (AvgIpc) is 2.58. The molecule has 1 amide bonds. The molecule has 0 aliphatic carbocycles. The van der Waals surface area contributed by atoms with E-state index in [1.807, 2.05) is 4.90 Å². The van der Waals surface area contributed by atoms with Gasteiger partial charge in [-0.15, -0.1) is 0 Å². The highest BCUT2D eigenvalue weighted by atomic mass is 16.5. The Bertz CT molecular complexity index is 533. The molecular formula is C17H25N3O2. The molecule has 0 bridgehead atoms. The fourth-order valence-corrected chi connectivity index (χ4v) is 3.17. The topological polar surface area (TPSA) is 44.8 Å². The summed E-state index contributed by atoms with van der Waals surface area (Å²) in [6, 6.07) is 6.43. The van der Waals surface area contributed by atoms with E-state index < -0.39 is 0 Å². The minimum atomic E-state index is -0.305. The zero-order valence-electron chi connectivity index (χ0n) is 13.5. The van der Waals surface area contributed by atoms with Gasteiger partial charge in [-0.2, -0.15) is 0 Å². The summed E-state index contributed by atoms with van der Waals surface area (Å²) in [5.41, 5.74) is 3.95. The van der Waals surface area contributed by atoms with Gasteiger partial charge in [0.15, 0.2) is 0 Å². The number of carbonyl (C=O) groups excluding carboxylic acids is 1. The molecule has 1 unspecified atom stereocenters. The van der Waals surface area contributed by atoms with Crippen molar-refractivity contribution in [3.05, 3.63) is 29.3 Å². The van der Waals surface area contributed by atoms with Crippen molar-refractivity contribution >= 4 is 11.6 Å². The fourth-order valence-electron chi connectivity index (χ4n) is 3.17. The van der Waals surface area contributed by atoms with Gasteiger partial charge in [0.25, 0.3) is 5.91 Å². The molecule has 22 heavy (non-hydrogen) atoms. The van der Waals surface area contributed by atoms with E-state index in [4.69, 9.17) is 4.74 Å². The summed E-state index contributed by atoms with van der Waals surface area (Å²) in [5.74, 6) is 0.132. The molecule has 120 valence electrons. The van der Waals surface area contributed by atoms with E-state index in [9.17, 15) is 4.79 Å². The number of morpholine rings is 1. The van der Waals surface area contributed by atoms with Gasteiger partial charge in [-0.3, -0.25) is 4.79 Å². The molecule has 2 heterocycles. The summed E-state index contributed by atoms with van der Waals surface area (Å²) in [6.07, 6.45) is -0.305. The smallest absolute Gasteiger partial charge is 0.253 e. The highest BCUT2D eigenvalue weighted by Gasteiger charge is 2.29. The monoisotopic (exact) mass is 303 g/mol. The molecule has 2 aliphatic heterocycles. The van der Waals surface area contributed by atoms with E-state index in [2.05, 4.69) is 42.3 Å². The van der Waals surface area contributed by atoms with Crippen molar-refractivity contribution in [2.45, 2.75) is 20.0 Å². The maximum absolute atomic E-state index is 12.5. The molecule has 5 heteroatoms. The Morgan fingerprint density at radius 2 is 2.00 bits per heavy atom. The molecule has 2 fully saturated rings. The molecule has 0 saturated carbocycles. The molecule has 3 rings (SSSR count). The van der Waals surface area contributed by atoms with Crippen LogP contribution in [0.1, 0.15) is 11.1 Å². The number of ether oxygens (including phenoxy) is 1. The summed E-state index contributed by atoms with van der Waals surface area (Å²) >= 11 is 0. The molecule has 2 saturated heterocycles. The zero-order valence-corrected chi connectivity index (χ0v) is 13.5. The Hall–Kier alpha value is -1.59. The van der Waals surface area contributed by atoms with Crippen LogP contribution in [0, 0.1) is 13.8 Å². The van der Waals surface area contributed by atoms with E-state index in [1.54, 1.807) is 0 Å². The summed E-state index contributed by atoms with van der Waals surface area (Å²) in [7, 11) is 0. The Kier molecular flexibility index (Phi) is 4.64. The molecule has 0 spiro atoms. The Morgan fingerprint density at radius 1 is 1.23 bits per heavy atom. The SMILES string of the molecule is Cc1cccc(N2CCN(C(=O)C3CNCCO3)CC2)c1C. The first-order chi connectivity index (χ1) is 10.7. The largest absolute Gasteiger partial charge is 0.368 e. The van der Waals surface area contributed by atoms with Crippen LogP contribution in [0.4, 0.5) is 5.69 Å². The number of piperazine rings is 1. The summed E-state index contributed by atoms with van der Waals surface area (Å²) < 4.78 is 5.57. The molecule has 0 radical (unpaired) electrons. The van der Waals surface area contributed by atoms with Crippen molar-refractivity contribution in [1.29, 1.82) is 0 Å². The highest BCUT2D eigenvalue weighted by molar-refractivity contribution is 5.81. The Balaban J connectivity index is 1.60. The van der Waals surface area contributed by atoms with Crippen LogP contribution >= 0.6 is 0 Å². The first-order valence-corrected chi connectivity index (χ1v) is 8.09. The quantitative estimate of drug-likeness (QED) is 0.883. The van der Waals surface area contributed by atoms with Gasteiger partial charge in [0.05, 0.1) is 6.61 Å². The normalized spacial score (nSPS) is 22.7. The van der Waals surface area contributed by atoms with Crippen LogP contribution in [-0.4, -0.2) is 62.8 Å². The van der Waals surface area contributed by atoms with Crippen molar-refractivity contribution in [2.75, 3.05) is 50.8 Å². The Labute approximate surface area is 132 Å². The van der Waals surface area contributed by atoms with Gasteiger partial charge in [0, 0.05) is 45.0 Å². The third-order valence-electron chi connectivity index (χ3n) is 4.71. The number of hydrogen-bond acceptors (Lipinski definition) is 4. The lowest BCUT2D eigenvalue weighted by molar-refractivity contribution is -0.145. The predicted molar refractivity (Wildman–Crippen MR) is 87.3 cm³/mol. The molecule has 1 aromatic carbocycles. The summed E-state index contributed by atoms with van der Waals surface area (Å²) in [4.78, 5) is 16.8. The highest BCUT2D eigenvalue weighted by Crippen LogP contribution is 2.24. The maximum atomic E-state index is 12.5. The van der Waals surface area contributed by atoms with E-state index in [0.29, 0.717) is 13.2 Å². The lowest BCUT2D eigenvalue weighted by Crippen LogP contribution is -2.55. The van der Waals surface area contributed by atoms with Gasteiger partial charge in [0.2, 0.25) is 0 Å². The standard InChI is InChI=1S/C17H25N3O2/c1-13-4-3-5-15(14(13)2)19-7-9-20(10-8-19)17(21)16-12-18-6-11-22-16/h3-5,16,18H,6-12H2,1-2H3. The van der Waals surface area contributed by atoms with Crippen LogP contribution in [0.5, 0.6) is 0 Å². The molecule has 0 aromatic heterocycles. The molecule has 5 nitrogen and oxygen atoms in total. The first-order valence-electron chi connectivity index (χ1n) is 8.09. The van der Waals surface area contributed by atoms with Gasteiger partial charge in [-0.05, 0) is 31.0 Å². The number of amides is 1. The third kappa shape index (κ3) is 3.10. The van der Waals surface area contributed by atoms with E-state index in [0.717, 1.165) is 32.7 Å². The predicted octanol–water partition coefficient (Wildman–Crippen LogP) is 0.940. The molecule has 1 aromatic rings. The number of anilines is 1. The number of benzene rings is 1. The van der Waals surface area contributed by atoms with Gasteiger partial charge in [-0.25, -0.2) is 0 Å². The second-order valence-electron chi connectivity index (χ2n) is 6.09. The molecule has 1 N–H and O–H groups in total. The van der Waals surface area contributed by atoms with Gasteiger partial charge < -0.3 is 19.9 Å². The second kappa shape index (κ2) is 6.67. The molecular weight excluding hydrogens is 278 g/mol. The minimum absolute atomic E-state index is 0.132. The first kappa shape index (κ1) is 15.3. The van der Waals surface area contributed by atoms with Crippen LogP contribution in [0.25, 0.3) is 0 Å². The molecule has 2 aliphatic rings. The van der Waals surface area contributed by atoms with Crippen molar-refractivity contribution in [3.63, 3.8) is 0 Å². The number of rotatable bonds is 2. The maximum Gasteiger partial charge on any atom is 0.253 e. The lowest BCUT2D eigenvalue weighted by Gasteiger charge is -2.38.